The average Bonchev–Trinajstić information content (AvgIpc) is 2.77. The van der Waals surface area contributed by atoms with Crippen LogP contribution in [0.3, 0.4) is 0 Å². The molecule has 62 valence electrons. The minimum Gasteiger partial charge on any atom is -0.294 e. The molecule has 3 heteroatoms. The maximum absolute atomic E-state index is 11.1. The van der Waals surface area contributed by atoms with Gasteiger partial charge in [-0.3, -0.25) is 10.2 Å². The summed E-state index contributed by atoms with van der Waals surface area (Å²) in [4.78, 5) is 11.1. The Hall–Kier alpha value is -0.570. The van der Waals surface area contributed by atoms with Crippen molar-refractivity contribution in [3.8, 4) is 0 Å². The third-order valence-electron chi connectivity index (χ3n) is 3.10. The van der Waals surface area contributed by atoms with Gasteiger partial charge in [-0.15, -0.1) is 0 Å². The first-order valence-corrected chi connectivity index (χ1v) is 4.35. The van der Waals surface area contributed by atoms with Gasteiger partial charge in [-0.1, -0.05) is 12.8 Å². The largest absolute Gasteiger partial charge is 0.294 e. The molecular formula is C8H14N2O. The predicted molar refractivity (Wildman–Crippen MR) is 41.3 cm³/mol. The molecule has 1 amide bonds. The molecule has 0 unspecified atom stereocenters. The third-order valence-corrected chi connectivity index (χ3v) is 3.10. The summed E-state index contributed by atoms with van der Waals surface area (Å²) in [5.41, 5.74) is 2.24. The van der Waals surface area contributed by atoms with Crippen LogP contribution in [-0.4, -0.2) is 5.91 Å². The van der Waals surface area contributed by atoms with Gasteiger partial charge in [-0.25, -0.2) is 5.84 Å². The molecular weight excluding hydrogens is 140 g/mol. The zero-order chi connectivity index (χ0) is 7.84. The molecule has 2 fully saturated rings. The second-order valence-corrected chi connectivity index (χ2v) is 3.65. The second-order valence-electron chi connectivity index (χ2n) is 3.65. The highest BCUT2D eigenvalue weighted by atomic mass is 16.2. The highest BCUT2D eigenvalue weighted by Crippen LogP contribution is 2.55. The summed E-state index contributed by atoms with van der Waals surface area (Å²) in [5.74, 6) is 6.74. The van der Waals surface area contributed by atoms with Crippen LogP contribution < -0.4 is 11.3 Å². The van der Waals surface area contributed by atoms with Gasteiger partial charge in [-0.05, 0) is 24.7 Å². The Morgan fingerprint density at radius 3 is 2.27 bits per heavy atom. The van der Waals surface area contributed by atoms with E-state index in [1.165, 1.54) is 25.7 Å². The molecule has 0 aromatic heterocycles. The summed E-state index contributed by atoms with van der Waals surface area (Å²) in [6.07, 6.45) is 5.08. The highest BCUT2D eigenvalue weighted by molar-refractivity contribution is 5.81. The van der Waals surface area contributed by atoms with Gasteiger partial charge in [0, 0.05) is 5.92 Å². The van der Waals surface area contributed by atoms with Crippen molar-refractivity contribution >= 4 is 5.91 Å². The first kappa shape index (κ1) is 7.10. The van der Waals surface area contributed by atoms with Crippen LogP contribution in [0.15, 0.2) is 0 Å². The fraction of sp³-hybridized carbons (Fsp3) is 0.875. The maximum Gasteiger partial charge on any atom is 0.237 e. The average molecular weight is 154 g/mol. The number of fused-ring (bicyclic) bond motifs is 1. The van der Waals surface area contributed by atoms with Crippen LogP contribution in [0, 0.1) is 17.8 Å². The van der Waals surface area contributed by atoms with Gasteiger partial charge >= 0.3 is 0 Å². The number of nitrogens with one attached hydrogen (secondary N) is 1. The van der Waals surface area contributed by atoms with E-state index < -0.39 is 0 Å². The lowest BCUT2D eigenvalue weighted by Crippen LogP contribution is -2.32. The van der Waals surface area contributed by atoms with Gasteiger partial charge in [0.2, 0.25) is 5.91 Å². The fourth-order valence-electron chi connectivity index (χ4n) is 2.48. The minimum absolute atomic E-state index is 0.0573. The number of hydrazine groups is 1. The third kappa shape index (κ3) is 1.03. The van der Waals surface area contributed by atoms with Crippen LogP contribution in [-0.2, 0) is 4.79 Å². The van der Waals surface area contributed by atoms with Crippen LogP contribution >= 0.6 is 0 Å². The molecule has 0 aromatic rings. The minimum atomic E-state index is 0.0573. The number of hydrogen-bond acceptors (Lipinski definition) is 2. The summed E-state index contributed by atoms with van der Waals surface area (Å²) in [7, 11) is 0. The van der Waals surface area contributed by atoms with E-state index in [4.69, 9.17) is 5.84 Å². The molecule has 3 nitrogen and oxygen atoms in total. The normalized spacial score (nSPS) is 41.0. The van der Waals surface area contributed by atoms with E-state index in [0.29, 0.717) is 11.8 Å². The lowest BCUT2D eigenvalue weighted by molar-refractivity contribution is -0.122. The molecule has 3 N–H and O–H groups in total. The summed E-state index contributed by atoms with van der Waals surface area (Å²) in [6, 6.07) is 0. The molecule has 0 aliphatic heterocycles. The van der Waals surface area contributed by atoms with Gasteiger partial charge in [0.25, 0.3) is 0 Å². The number of nitrogens with two attached hydrogens (primary N) is 1. The molecule has 0 spiro atoms. The Labute approximate surface area is 66.3 Å². The quantitative estimate of drug-likeness (QED) is 0.326. The van der Waals surface area contributed by atoms with E-state index in [-0.39, 0.29) is 11.8 Å². The van der Waals surface area contributed by atoms with Crippen LogP contribution in [0.1, 0.15) is 25.7 Å². The van der Waals surface area contributed by atoms with Gasteiger partial charge in [0.1, 0.15) is 0 Å². The number of rotatable bonds is 1. The van der Waals surface area contributed by atoms with E-state index >= 15 is 0 Å². The van der Waals surface area contributed by atoms with Gasteiger partial charge < -0.3 is 0 Å². The van der Waals surface area contributed by atoms with Crippen molar-refractivity contribution in [2.24, 2.45) is 23.6 Å². The van der Waals surface area contributed by atoms with Crippen LogP contribution in [0.25, 0.3) is 0 Å². The first-order valence-electron chi connectivity index (χ1n) is 4.35. The molecule has 2 atom stereocenters. The predicted octanol–water partition coefficient (Wildman–Crippen LogP) is 0.412. The van der Waals surface area contributed by atoms with Crippen molar-refractivity contribution < 1.29 is 4.79 Å². The second kappa shape index (κ2) is 2.48. The van der Waals surface area contributed by atoms with E-state index in [1.54, 1.807) is 0 Å². The van der Waals surface area contributed by atoms with Crippen molar-refractivity contribution in [1.82, 2.24) is 5.43 Å². The first-order chi connectivity index (χ1) is 5.34. The Bertz CT molecular complexity index is 169. The van der Waals surface area contributed by atoms with Gasteiger partial charge in [-0.2, -0.15) is 0 Å². The topological polar surface area (TPSA) is 55.1 Å². The Morgan fingerprint density at radius 2 is 1.82 bits per heavy atom. The molecule has 11 heavy (non-hydrogen) atoms. The highest BCUT2D eigenvalue weighted by Gasteiger charge is 2.54. The van der Waals surface area contributed by atoms with Crippen molar-refractivity contribution in [1.29, 1.82) is 0 Å². The van der Waals surface area contributed by atoms with Crippen LogP contribution in [0.5, 0.6) is 0 Å². The Morgan fingerprint density at radius 1 is 1.27 bits per heavy atom. The number of carbonyl (C=O) groups excluding carboxylic acids is 1. The molecule has 0 bridgehead atoms. The lowest BCUT2D eigenvalue weighted by atomic mass is 10.0. The molecule has 2 saturated carbocycles. The standard InChI is InChI=1S/C8H14N2O/c9-10-8(11)7-5-3-1-2-4-6(5)7/h5-7H,1-4,9H2,(H,10,11)/t5-,6-/m0/s1. The number of carbonyl (C=O) groups is 1. The zero-order valence-electron chi connectivity index (χ0n) is 6.55. The molecule has 0 saturated heterocycles. The SMILES string of the molecule is NNC(=O)C1[C@H]2CCCC[C@H]12. The molecule has 2 rings (SSSR count). The molecule has 0 heterocycles. The lowest BCUT2D eigenvalue weighted by Gasteiger charge is -2.04. The Balaban J connectivity index is 1.94. The van der Waals surface area contributed by atoms with Crippen molar-refractivity contribution in [2.75, 3.05) is 0 Å². The maximum atomic E-state index is 11.1. The van der Waals surface area contributed by atoms with E-state index in [2.05, 4.69) is 5.43 Å². The molecule has 2 aliphatic rings. The summed E-state index contributed by atoms with van der Waals surface area (Å²) in [6.45, 7) is 0. The number of amides is 1. The van der Waals surface area contributed by atoms with E-state index in [1.807, 2.05) is 0 Å². The summed E-state index contributed by atoms with van der Waals surface area (Å²) < 4.78 is 0. The fourth-order valence-corrected chi connectivity index (χ4v) is 2.48. The van der Waals surface area contributed by atoms with Crippen LogP contribution in [0.4, 0.5) is 0 Å². The molecule has 2 aliphatic carbocycles. The van der Waals surface area contributed by atoms with Crippen molar-refractivity contribution in [2.45, 2.75) is 25.7 Å². The monoisotopic (exact) mass is 154 g/mol. The smallest absolute Gasteiger partial charge is 0.237 e. The van der Waals surface area contributed by atoms with Crippen molar-refractivity contribution in [3.05, 3.63) is 0 Å². The van der Waals surface area contributed by atoms with E-state index in [0.717, 1.165) is 0 Å². The number of hydrogen-bond donors (Lipinski definition) is 2. The zero-order valence-corrected chi connectivity index (χ0v) is 6.55. The van der Waals surface area contributed by atoms with Gasteiger partial charge in [0.15, 0.2) is 0 Å². The summed E-state index contributed by atoms with van der Waals surface area (Å²) >= 11 is 0. The Kier molecular flexibility index (Phi) is 1.60. The molecule has 0 aromatic carbocycles. The van der Waals surface area contributed by atoms with Crippen LogP contribution in [0.2, 0.25) is 0 Å². The van der Waals surface area contributed by atoms with E-state index in [9.17, 15) is 4.79 Å². The molecule has 0 radical (unpaired) electrons. The summed E-state index contributed by atoms with van der Waals surface area (Å²) in [5, 5.41) is 0. The van der Waals surface area contributed by atoms with Crippen molar-refractivity contribution in [3.63, 3.8) is 0 Å². The van der Waals surface area contributed by atoms with Gasteiger partial charge in [0.05, 0.1) is 0 Å².